The molecule has 2 N–H and O–H groups in total. The summed E-state index contributed by atoms with van der Waals surface area (Å²) in [6.07, 6.45) is 6.03. The molecular formula is C15H25IN8. The third-order valence-corrected chi connectivity index (χ3v) is 3.91. The highest BCUT2D eigenvalue weighted by Crippen LogP contribution is 2.22. The van der Waals surface area contributed by atoms with Crippen LogP contribution >= 0.6 is 24.0 Å². The van der Waals surface area contributed by atoms with Crippen LogP contribution in [0.5, 0.6) is 0 Å². The molecule has 0 saturated heterocycles. The van der Waals surface area contributed by atoms with Gasteiger partial charge in [-0.1, -0.05) is 0 Å². The molecule has 3 heterocycles. The first-order valence-electron chi connectivity index (χ1n) is 8.03. The van der Waals surface area contributed by atoms with E-state index in [0.717, 1.165) is 50.1 Å². The van der Waals surface area contributed by atoms with E-state index in [4.69, 9.17) is 0 Å². The van der Waals surface area contributed by atoms with Crippen LogP contribution in [0.3, 0.4) is 0 Å². The van der Waals surface area contributed by atoms with Gasteiger partial charge in [-0.05, 0) is 32.3 Å². The van der Waals surface area contributed by atoms with Crippen LogP contribution < -0.4 is 10.6 Å². The number of halogens is 1. The lowest BCUT2D eigenvalue weighted by Crippen LogP contribution is -2.42. The molecule has 1 aliphatic heterocycles. The third kappa shape index (κ3) is 4.46. The molecule has 0 aliphatic carbocycles. The number of fused-ring (bicyclic) bond motifs is 1. The smallest absolute Gasteiger partial charge is 0.191 e. The molecular weight excluding hydrogens is 419 g/mol. The Kier molecular flexibility index (Phi) is 6.58. The van der Waals surface area contributed by atoms with Gasteiger partial charge in [0.25, 0.3) is 0 Å². The second-order valence-electron chi connectivity index (χ2n) is 5.86. The van der Waals surface area contributed by atoms with Gasteiger partial charge in [0.2, 0.25) is 0 Å². The number of rotatable bonds is 4. The number of aromatic nitrogens is 5. The Bertz CT molecular complexity index is 689. The van der Waals surface area contributed by atoms with Crippen LogP contribution in [-0.4, -0.2) is 44.1 Å². The van der Waals surface area contributed by atoms with Gasteiger partial charge in [0.05, 0.1) is 18.8 Å². The Labute approximate surface area is 159 Å². The van der Waals surface area contributed by atoms with E-state index in [-0.39, 0.29) is 30.0 Å². The van der Waals surface area contributed by atoms with Gasteiger partial charge in [-0.2, -0.15) is 10.2 Å². The first kappa shape index (κ1) is 18.7. The predicted molar refractivity (Wildman–Crippen MR) is 104 cm³/mol. The summed E-state index contributed by atoms with van der Waals surface area (Å²) < 4.78 is 3.92. The van der Waals surface area contributed by atoms with Gasteiger partial charge in [0.1, 0.15) is 11.6 Å². The molecule has 8 nitrogen and oxygen atoms in total. The zero-order valence-corrected chi connectivity index (χ0v) is 16.7. The Hall–Kier alpha value is -1.65. The zero-order chi connectivity index (χ0) is 16.2. The van der Waals surface area contributed by atoms with Gasteiger partial charge in [-0.25, -0.2) is 9.67 Å². The van der Waals surface area contributed by atoms with Crippen LogP contribution in [0.1, 0.15) is 36.1 Å². The molecule has 132 valence electrons. The molecule has 0 amide bonds. The first-order chi connectivity index (χ1) is 11.2. The Morgan fingerprint density at radius 2 is 2.25 bits per heavy atom. The fourth-order valence-electron chi connectivity index (χ4n) is 2.84. The van der Waals surface area contributed by atoms with E-state index in [1.807, 2.05) is 35.6 Å². The lowest BCUT2D eigenvalue weighted by Gasteiger charge is -2.25. The molecule has 0 spiro atoms. The zero-order valence-electron chi connectivity index (χ0n) is 14.4. The maximum absolute atomic E-state index is 4.54. The molecule has 24 heavy (non-hydrogen) atoms. The van der Waals surface area contributed by atoms with Crippen molar-refractivity contribution in [1.29, 1.82) is 0 Å². The summed E-state index contributed by atoms with van der Waals surface area (Å²) in [6, 6.07) is 0.156. The number of guanidine groups is 1. The molecule has 2 aromatic heterocycles. The molecule has 1 aliphatic rings. The summed E-state index contributed by atoms with van der Waals surface area (Å²) in [6.45, 7) is 6.48. The lowest BCUT2D eigenvalue weighted by atomic mass is 10.1. The molecule has 0 bridgehead atoms. The van der Waals surface area contributed by atoms with Crippen LogP contribution in [0.2, 0.25) is 0 Å². The number of nitrogens with zero attached hydrogens (tertiary/aromatic N) is 6. The molecule has 0 fully saturated rings. The molecule has 1 unspecified atom stereocenters. The van der Waals surface area contributed by atoms with Crippen molar-refractivity contribution in [1.82, 2.24) is 35.2 Å². The van der Waals surface area contributed by atoms with Crippen molar-refractivity contribution in [2.24, 2.45) is 4.99 Å². The molecule has 0 saturated carbocycles. The standard InChI is InChI=1S/C15H24N8.HI/c1-11-9-18-22(10-11)8-6-17-15(16-3)20-13-5-4-7-23-14(13)19-12(2)21-23;/h9-10,13H,4-8H2,1-3H3,(H2,16,17,20);1H. The quantitative estimate of drug-likeness (QED) is 0.423. The normalized spacial score (nSPS) is 17.1. The second-order valence-corrected chi connectivity index (χ2v) is 5.86. The highest BCUT2D eigenvalue weighted by Gasteiger charge is 2.24. The van der Waals surface area contributed by atoms with Crippen molar-refractivity contribution in [3.05, 3.63) is 29.6 Å². The molecule has 1 atom stereocenters. The highest BCUT2D eigenvalue weighted by molar-refractivity contribution is 14.0. The fraction of sp³-hybridized carbons (Fsp3) is 0.600. The number of aliphatic imine (C=N–C) groups is 1. The van der Waals surface area contributed by atoms with Crippen molar-refractivity contribution in [2.45, 2.75) is 45.8 Å². The minimum atomic E-state index is 0. The van der Waals surface area contributed by atoms with E-state index in [2.05, 4.69) is 30.8 Å². The maximum atomic E-state index is 4.54. The highest BCUT2D eigenvalue weighted by atomic mass is 127. The van der Waals surface area contributed by atoms with Crippen molar-refractivity contribution in [2.75, 3.05) is 13.6 Å². The van der Waals surface area contributed by atoms with Gasteiger partial charge in [-0.3, -0.25) is 9.67 Å². The van der Waals surface area contributed by atoms with Crippen LogP contribution in [0.4, 0.5) is 0 Å². The minimum Gasteiger partial charge on any atom is -0.355 e. The minimum absolute atomic E-state index is 0. The van der Waals surface area contributed by atoms with E-state index in [9.17, 15) is 0 Å². The van der Waals surface area contributed by atoms with Gasteiger partial charge in [-0.15, -0.1) is 24.0 Å². The van der Waals surface area contributed by atoms with Crippen molar-refractivity contribution in [3.8, 4) is 0 Å². The Balaban J connectivity index is 0.00000208. The predicted octanol–water partition coefficient (Wildman–Crippen LogP) is 1.41. The summed E-state index contributed by atoms with van der Waals surface area (Å²) in [5.74, 6) is 2.61. The average Bonchev–Trinajstić information content (AvgIpc) is 3.11. The summed E-state index contributed by atoms with van der Waals surface area (Å²) in [5, 5.41) is 15.5. The first-order valence-corrected chi connectivity index (χ1v) is 8.03. The average molecular weight is 444 g/mol. The van der Waals surface area contributed by atoms with Crippen LogP contribution in [0, 0.1) is 13.8 Å². The number of nitrogens with one attached hydrogen (secondary N) is 2. The Morgan fingerprint density at radius 1 is 1.42 bits per heavy atom. The number of hydrogen-bond donors (Lipinski definition) is 2. The van der Waals surface area contributed by atoms with E-state index in [0.29, 0.717) is 0 Å². The Morgan fingerprint density at radius 3 is 2.96 bits per heavy atom. The van der Waals surface area contributed by atoms with Gasteiger partial charge < -0.3 is 10.6 Å². The lowest BCUT2D eigenvalue weighted by molar-refractivity contribution is 0.397. The van der Waals surface area contributed by atoms with Gasteiger partial charge in [0.15, 0.2) is 5.96 Å². The SMILES string of the molecule is CN=C(NCCn1cc(C)cn1)NC1CCCn2nc(C)nc21.I. The molecule has 3 rings (SSSR count). The summed E-state index contributed by atoms with van der Waals surface area (Å²) in [5.41, 5.74) is 1.17. The van der Waals surface area contributed by atoms with Gasteiger partial charge >= 0.3 is 0 Å². The molecule has 2 aromatic rings. The second kappa shape index (κ2) is 8.45. The molecule has 0 aromatic carbocycles. The van der Waals surface area contributed by atoms with E-state index < -0.39 is 0 Å². The van der Waals surface area contributed by atoms with E-state index >= 15 is 0 Å². The van der Waals surface area contributed by atoms with Crippen molar-refractivity contribution >= 4 is 29.9 Å². The maximum Gasteiger partial charge on any atom is 0.191 e. The summed E-state index contributed by atoms with van der Waals surface area (Å²) >= 11 is 0. The largest absolute Gasteiger partial charge is 0.355 e. The molecule has 0 radical (unpaired) electrons. The number of aryl methyl sites for hydroxylation is 3. The van der Waals surface area contributed by atoms with Gasteiger partial charge in [0, 0.05) is 26.3 Å². The van der Waals surface area contributed by atoms with Crippen LogP contribution in [-0.2, 0) is 13.1 Å². The molecule has 9 heteroatoms. The van der Waals surface area contributed by atoms with Crippen LogP contribution in [0.15, 0.2) is 17.4 Å². The van der Waals surface area contributed by atoms with Crippen molar-refractivity contribution < 1.29 is 0 Å². The van der Waals surface area contributed by atoms with E-state index in [1.165, 1.54) is 5.56 Å². The van der Waals surface area contributed by atoms with Crippen LogP contribution in [0.25, 0.3) is 0 Å². The monoisotopic (exact) mass is 444 g/mol. The van der Waals surface area contributed by atoms with Crippen molar-refractivity contribution in [3.63, 3.8) is 0 Å². The third-order valence-electron chi connectivity index (χ3n) is 3.91. The summed E-state index contributed by atoms with van der Waals surface area (Å²) in [7, 11) is 1.78. The fourth-order valence-corrected chi connectivity index (χ4v) is 2.84. The van der Waals surface area contributed by atoms with E-state index in [1.54, 1.807) is 7.05 Å². The topological polar surface area (TPSA) is 85.0 Å². The summed E-state index contributed by atoms with van der Waals surface area (Å²) in [4.78, 5) is 8.85. The number of hydrogen-bond acceptors (Lipinski definition) is 4.